The number of benzene rings is 1. The van der Waals surface area contributed by atoms with Crippen LogP contribution in [-0.2, 0) is 4.74 Å². The summed E-state index contributed by atoms with van der Waals surface area (Å²) in [7, 11) is 1.64. The molecule has 0 amide bonds. The molecule has 0 heterocycles. The molecule has 0 radical (unpaired) electrons. The molecule has 19 heavy (non-hydrogen) atoms. The largest absolute Gasteiger partial charge is 0.478 e. The zero-order chi connectivity index (χ0) is 14.4. The summed E-state index contributed by atoms with van der Waals surface area (Å²) in [5, 5.41) is 9.12. The minimum atomic E-state index is -1.00. The molecule has 3 N–H and O–H groups in total. The topological polar surface area (TPSA) is 75.8 Å². The van der Waals surface area contributed by atoms with Crippen molar-refractivity contribution in [2.24, 2.45) is 0 Å². The highest BCUT2D eigenvalue weighted by Gasteiger charge is 2.19. The van der Waals surface area contributed by atoms with E-state index in [4.69, 9.17) is 15.6 Å². The Bertz CT molecular complexity index is 435. The lowest BCUT2D eigenvalue weighted by Crippen LogP contribution is -2.36. The quantitative estimate of drug-likeness (QED) is 0.740. The average molecular weight is 266 g/mol. The number of carbonyl (C=O) groups is 1. The highest BCUT2D eigenvalue weighted by Crippen LogP contribution is 2.28. The molecule has 0 aliphatic rings. The second-order valence-corrected chi connectivity index (χ2v) is 4.49. The minimum absolute atomic E-state index is 0.142. The number of rotatable bonds is 7. The van der Waals surface area contributed by atoms with Gasteiger partial charge in [-0.25, -0.2) is 4.79 Å². The third-order valence-electron chi connectivity index (χ3n) is 3.28. The van der Waals surface area contributed by atoms with Gasteiger partial charge >= 0.3 is 5.97 Å². The van der Waals surface area contributed by atoms with Gasteiger partial charge in [-0.05, 0) is 25.5 Å². The van der Waals surface area contributed by atoms with Crippen molar-refractivity contribution < 1.29 is 14.6 Å². The first-order valence-electron chi connectivity index (χ1n) is 6.40. The maximum absolute atomic E-state index is 11.1. The summed E-state index contributed by atoms with van der Waals surface area (Å²) in [6, 6.07) is 5.36. The van der Waals surface area contributed by atoms with Crippen LogP contribution in [0.1, 0.15) is 30.6 Å². The van der Waals surface area contributed by atoms with Crippen molar-refractivity contribution >= 4 is 17.3 Å². The first-order chi connectivity index (χ1) is 9.02. The van der Waals surface area contributed by atoms with Gasteiger partial charge < -0.3 is 20.5 Å². The van der Waals surface area contributed by atoms with Gasteiger partial charge in [0.15, 0.2) is 0 Å². The molecule has 0 saturated carbocycles. The Morgan fingerprint density at radius 3 is 2.74 bits per heavy atom. The molecule has 1 unspecified atom stereocenters. The fraction of sp³-hybridized carbons (Fsp3) is 0.500. The van der Waals surface area contributed by atoms with Crippen LogP contribution in [0.25, 0.3) is 0 Å². The van der Waals surface area contributed by atoms with Crippen LogP contribution in [0.2, 0.25) is 0 Å². The molecule has 1 rings (SSSR count). The van der Waals surface area contributed by atoms with Gasteiger partial charge in [0.1, 0.15) is 0 Å². The van der Waals surface area contributed by atoms with Gasteiger partial charge in [-0.2, -0.15) is 0 Å². The Hall–Kier alpha value is -1.75. The van der Waals surface area contributed by atoms with E-state index < -0.39 is 5.97 Å². The Kier molecular flexibility index (Phi) is 5.63. The third-order valence-corrected chi connectivity index (χ3v) is 3.28. The van der Waals surface area contributed by atoms with E-state index >= 15 is 0 Å². The van der Waals surface area contributed by atoms with E-state index in [1.807, 2.05) is 6.07 Å². The predicted octanol–water partition coefficient (Wildman–Crippen LogP) is 2.22. The van der Waals surface area contributed by atoms with E-state index in [-0.39, 0.29) is 11.6 Å². The minimum Gasteiger partial charge on any atom is -0.478 e. The molecule has 5 nitrogen and oxygen atoms in total. The van der Waals surface area contributed by atoms with Crippen molar-refractivity contribution in [3.8, 4) is 0 Å². The fourth-order valence-corrected chi connectivity index (χ4v) is 1.98. The molecule has 1 atom stereocenters. The Morgan fingerprint density at radius 1 is 1.53 bits per heavy atom. The number of carboxylic acids is 1. The third kappa shape index (κ3) is 3.61. The van der Waals surface area contributed by atoms with Crippen LogP contribution in [0.3, 0.4) is 0 Å². The number of carboxylic acid groups (broad SMARTS) is 1. The molecule has 0 saturated heterocycles. The van der Waals surface area contributed by atoms with Crippen molar-refractivity contribution in [1.29, 1.82) is 0 Å². The standard InChI is InChI=1S/C14H22N2O3/c1-4-10(2)16(8-9-19-3)12-7-5-6-11(13(12)15)14(17)18/h5-7,10H,4,8-9,15H2,1-3H3,(H,17,18). The van der Waals surface area contributed by atoms with E-state index in [0.29, 0.717) is 18.8 Å². The van der Waals surface area contributed by atoms with Crippen LogP contribution in [0.5, 0.6) is 0 Å². The van der Waals surface area contributed by atoms with Crippen LogP contribution in [0, 0.1) is 0 Å². The molecule has 1 aromatic rings. The summed E-state index contributed by atoms with van der Waals surface area (Å²) in [5.74, 6) is -1.00. The molecule has 5 heteroatoms. The molecule has 0 fully saturated rings. The first-order valence-corrected chi connectivity index (χ1v) is 6.40. The van der Waals surface area contributed by atoms with Gasteiger partial charge in [0.05, 0.1) is 23.5 Å². The monoisotopic (exact) mass is 266 g/mol. The number of aromatic carboxylic acids is 1. The number of anilines is 2. The van der Waals surface area contributed by atoms with Gasteiger partial charge in [0.2, 0.25) is 0 Å². The van der Waals surface area contributed by atoms with E-state index in [0.717, 1.165) is 12.1 Å². The highest BCUT2D eigenvalue weighted by molar-refractivity contribution is 5.97. The van der Waals surface area contributed by atoms with Crippen LogP contribution in [0.15, 0.2) is 18.2 Å². The first kappa shape index (κ1) is 15.3. The molecule has 1 aromatic carbocycles. The zero-order valence-electron chi connectivity index (χ0n) is 11.7. The number of hydrogen-bond donors (Lipinski definition) is 2. The molecule has 106 valence electrons. The predicted molar refractivity (Wildman–Crippen MR) is 76.8 cm³/mol. The Balaban J connectivity index is 3.14. The van der Waals surface area contributed by atoms with E-state index in [2.05, 4.69) is 18.7 Å². The van der Waals surface area contributed by atoms with Gasteiger partial charge in [0.25, 0.3) is 0 Å². The lowest BCUT2D eigenvalue weighted by Gasteiger charge is -2.32. The summed E-state index contributed by atoms with van der Waals surface area (Å²) >= 11 is 0. The average Bonchev–Trinajstić information content (AvgIpc) is 2.39. The number of ether oxygens (including phenoxy) is 1. The Labute approximate surface area is 114 Å². The maximum Gasteiger partial charge on any atom is 0.337 e. The molecule has 0 aliphatic heterocycles. The fourth-order valence-electron chi connectivity index (χ4n) is 1.98. The molecule has 0 spiro atoms. The van der Waals surface area contributed by atoms with E-state index in [9.17, 15) is 4.79 Å². The molecular formula is C14H22N2O3. The maximum atomic E-state index is 11.1. The normalized spacial score (nSPS) is 12.2. The number of nitrogens with two attached hydrogens (primary N) is 1. The molecule has 0 aliphatic carbocycles. The Morgan fingerprint density at radius 2 is 2.21 bits per heavy atom. The number of nitrogens with zero attached hydrogens (tertiary/aromatic N) is 1. The lowest BCUT2D eigenvalue weighted by molar-refractivity contribution is 0.0698. The molecule has 0 aromatic heterocycles. The summed E-state index contributed by atoms with van der Waals surface area (Å²) in [6.07, 6.45) is 0.945. The van der Waals surface area contributed by atoms with Crippen molar-refractivity contribution in [3.63, 3.8) is 0 Å². The second-order valence-electron chi connectivity index (χ2n) is 4.49. The molecule has 0 bridgehead atoms. The van der Waals surface area contributed by atoms with Crippen molar-refractivity contribution in [2.45, 2.75) is 26.3 Å². The number of methoxy groups -OCH3 is 1. The summed E-state index contributed by atoms with van der Waals surface area (Å²) in [6.45, 7) is 5.42. The van der Waals surface area contributed by atoms with Gasteiger partial charge in [-0.15, -0.1) is 0 Å². The second kappa shape index (κ2) is 6.99. The van der Waals surface area contributed by atoms with Crippen molar-refractivity contribution in [1.82, 2.24) is 0 Å². The van der Waals surface area contributed by atoms with Crippen LogP contribution in [-0.4, -0.2) is 37.4 Å². The number of para-hydroxylation sites is 1. The van der Waals surface area contributed by atoms with Gasteiger partial charge in [-0.3, -0.25) is 0 Å². The summed E-state index contributed by atoms with van der Waals surface area (Å²) < 4.78 is 5.11. The zero-order valence-corrected chi connectivity index (χ0v) is 11.7. The van der Waals surface area contributed by atoms with E-state index in [1.165, 1.54) is 6.07 Å². The van der Waals surface area contributed by atoms with Crippen molar-refractivity contribution in [2.75, 3.05) is 30.9 Å². The van der Waals surface area contributed by atoms with Crippen LogP contribution < -0.4 is 10.6 Å². The van der Waals surface area contributed by atoms with Gasteiger partial charge in [-0.1, -0.05) is 13.0 Å². The van der Waals surface area contributed by atoms with Gasteiger partial charge in [0, 0.05) is 19.7 Å². The number of hydrogen-bond acceptors (Lipinski definition) is 4. The van der Waals surface area contributed by atoms with Crippen LogP contribution in [0.4, 0.5) is 11.4 Å². The summed E-state index contributed by atoms with van der Waals surface area (Å²) in [5.41, 5.74) is 7.20. The smallest absolute Gasteiger partial charge is 0.337 e. The highest BCUT2D eigenvalue weighted by atomic mass is 16.5. The molecular weight excluding hydrogens is 244 g/mol. The van der Waals surface area contributed by atoms with Crippen LogP contribution >= 0.6 is 0 Å². The summed E-state index contributed by atoms with van der Waals surface area (Å²) in [4.78, 5) is 13.2. The van der Waals surface area contributed by atoms with Crippen molar-refractivity contribution in [3.05, 3.63) is 23.8 Å². The number of nitrogen functional groups attached to an aromatic ring is 1. The lowest BCUT2D eigenvalue weighted by atomic mass is 10.1. The van der Waals surface area contributed by atoms with E-state index in [1.54, 1.807) is 13.2 Å². The SMILES string of the molecule is CCC(C)N(CCOC)c1cccc(C(=O)O)c1N.